The topological polar surface area (TPSA) is 0 Å². The van der Waals surface area contributed by atoms with Crippen molar-refractivity contribution in [2.45, 2.75) is 60.8 Å². The SMILES string of the molecule is C.CC1CCCCC1C(C)(C)C. The Kier molecular flexibility index (Phi) is 4.30. The fraction of sp³-hybridized carbons (Fsp3) is 1.00. The van der Waals surface area contributed by atoms with E-state index in [0.29, 0.717) is 5.41 Å². The van der Waals surface area contributed by atoms with Gasteiger partial charge in [-0.25, -0.2) is 0 Å². The molecule has 0 heterocycles. The van der Waals surface area contributed by atoms with E-state index in [2.05, 4.69) is 27.7 Å². The minimum absolute atomic E-state index is 0. The fourth-order valence-electron chi connectivity index (χ4n) is 2.60. The Hall–Kier alpha value is 0. The van der Waals surface area contributed by atoms with E-state index >= 15 is 0 Å². The molecule has 0 aromatic carbocycles. The maximum absolute atomic E-state index is 2.43. The van der Waals surface area contributed by atoms with E-state index in [1.54, 1.807) is 0 Å². The predicted octanol–water partition coefficient (Wildman–Crippen LogP) is 4.49. The van der Waals surface area contributed by atoms with Gasteiger partial charge in [0.05, 0.1) is 0 Å². The Bertz CT molecular complexity index is 118. The molecule has 1 saturated carbocycles. The molecule has 0 saturated heterocycles. The summed E-state index contributed by atoms with van der Waals surface area (Å²) in [5.41, 5.74) is 0.542. The molecule has 1 aliphatic rings. The summed E-state index contributed by atoms with van der Waals surface area (Å²) < 4.78 is 0. The molecular formula is C12H26. The van der Waals surface area contributed by atoms with Crippen molar-refractivity contribution in [3.8, 4) is 0 Å². The monoisotopic (exact) mass is 170 g/mol. The lowest BCUT2D eigenvalue weighted by molar-refractivity contribution is 0.119. The normalized spacial score (nSPS) is 31.0. The minimum atomic E-state index is 0. The molecule has 0 aromatic heterocycles. The zero-order valence-electron chi connectivity index (χ0n) is 8.48. The highest BCUT2D eigenvalue weighted by molar-refractivity contribution is 4.81. The molecule has 1 fully saturated rings. The summed E-state index contributed by atoms with van der Waals surface area (Å²) in [6.45, 7) is 9.59. The molecule has 2 unspecified atom stereocenters. The summed E-state index contributed by atoms with van der Waals surface area (Å²) in [6.07, 6.45) is 5.85. The first-order valence-electron chi connectivity index (χ1n) is 5.02. The first kappa shape index (κ1) is 12.0. The van der Waals surface area contributed by atoms with Gasteiger partial charge in [0.1, 0.15) is 0 Å². The van der Waals surface area contributed by atoms with Crippen molar-refractivity contribution < 1.29 is 0 Å². The Morgan fingerprint density at radius 3 is 1.83 bits per heavy atom. The smallest absolute Gasteiger partial charge is 0.0340 e. The fourth-order valence-corrected chi connectivity index (χ4v) is 2.60. The van der Waals surface area contributed by atoms with Gasteiger partial charge in [0.15, 0.2) is 0 Å². The van der Waals surface area contributed by atoms with E-state index in [0.717, 1.165) is 11.8 Å². The van der Waals surface area contributed by atoms with Gasteiger partial charge in [-0.15, -0.1) is 0 Å². The predicted molar refractivity (Wildman–Crippen MR) is 57.3 cm³/mol. The van der Waals surface area contributed by atoms with Gasteiger partial charge in [-0.05, 0) is 23.7 Å². The maximum atomic E-state index is 2.43. The zero-order valence-corrected chi connectivity index (χ0v) is 8.48. The van der Waals surface area contributed by atoms with Crippen LogP contribution in [-0.2, 0) is 0 Å². The average molecular weight is 170 g/mol. The molecule has 0 nitrogen and oxygen atoms in total. The lowest BCUT2D eigenvalue weighted by Gasteiger charge is -2.38. The third-order valence-electron chi connectivity index (χ3n) is 3.22. The van der Waals surface area contributed by atoms with Gasteiger partial charge >= 0.3 is 0 Å². The Morgan fingerprint density at radius 2 is 1.50 bits per heavy atom. The van der Waals surface area contributed by atoms with Crippen LogP contribution in [0.25, 0.3) is 0 Å². The van der Waals surface area contributed by atoms with Gasteiger partial charge in [-0.3, -0.25) is 0 Å². The molecule has 12 heavy (non-hydrogen) atoms. The zero-order chi connectivity index (χ0) is 8.48. The van der Waals surface area contributed by atoms with Crippen LogP contribution in [0.5, 0.6) is 0 Å². The molecule has 0 heteroatoms. The molecular weight excluding hydrogens is 144 g/mol. The molecule has 74 valence electrons. The van der Waals surface area contributed by atoms with Crippen molar-refractivity contribution >= 4 is 0 Å². The van der Waals surface area contributed by atoms with Crippen LogP contribution in [-0.4, -0.2) is 0 Å². The van der Waals surface area contributed by atoms with E-state index in [1.165, 1.54) is 25.7 Å². The van der Waals surface area contributed by atoms with E-state index in [-0.39, 0.29) is 7.43 Å². The molecule has 0 aromatic rings. The van der Waals surface area contributed by atoms with Gasteiger partial charge < -0.3 is 0 Å². The molecule has 0 radical (unpaired) electrons. The van der Waals surface area contributed by atoms with Crippen LogP contribution < -0.4 is 0 Å². The van der Waals surface area contributed by atoms with Crippen molar-refractivity contribution in [2.24, 2.45) is 17.3 Å². The average Bonchev–Trinajstić information content (AvgIpc) is 1.86. The number of hydrogen-bond donors (Lipinski definition) is 0. The van der Waals surface area contributed by atoms with Crippen molar-refractivity contribution in [2.75, 3.05) is 0 Å². The summed E-state index contributed by atoms with van der Waals surface area (Å²) in [5, 5.41) is 0. The Morgan fingerprint density at radius 1 is 1.00 bits per heavy atom. The van der Waals surface area contributed by atoms with Crippen LogP contribution in [0, 0.1) is 17.3 Å². The molecule has 0 aliphatic heterocycles. The summed E-state index contributed by atoms with van der Waals surface area (Å²) in [7, 11) is 0. The summed E-state index contributed by atoms with van der Waals surface area (Å²) >= 11 is 0. The summed E-state index contributed by atoms with van der Waals surface area (Å²) in [4.78, 5) is 0. The molecule has 1 rings (SSSR count). The van der Waals surface area contributed by atoms with Crippen LogP contribution in [0.2, 0.25) is 0 Å². The van der Waals surface area contributed by atoms with Gasteiger partial charge in [0.25, 0.3) is 0 Å². The Balaban J connectivity index is 0.00000121. The Labute approximate surface area is 78.8 Å². The van der Waals surface area contributed by atoms with E-state index in [9.17, 15) is 0 Å². The summed E-state index contributed by atoms with van der Waals surface area (Å²) in [6, 6.07) is 0. The van der Waals surface area contributed by atoms with Gasteiger partial charge in [0.2, 0.25) is 0 Å². The first-order chi connectivity index (χ1) is 5.02. The van der Waals surface area contributed by atoms with Crippen molar-refractivity contribution in [1.82, 2.24) is 0 Å². The van der Waals surface area contributed by atoms with E-state index < -0.39 is 0 Å². The molecule has 1 aliphatic carbocycles. The molecule has 0 amide bonds. The van der Waals surface area contributed by atoms with Crippen molar-refractivity contribution in [3.63, 3.8) is 0 Å². The summed E-state index contributed by atoms with van der Waals surface area (Å²) in [5.74, 6) is 1.93. The third-order valence-corrected chi connectivity index (χ3v) is 3.22. The van der Waals surface area contributed by atoms with Crippen molar-refractivity contribution in [3.05, 3.63) is 0 Å². The van der Waals surface area contributed by atoms with E-state index in [1.807, 2.05) is 0 Å². The molecule has 0 bridgehead atoms. The molecule has 0 N–H and O–H groups in total. The highest BCUT2D eigenvalue weighted by Crippen LogP contribution is 2.41. The second kappa shape index (κ2) is 4.30. The highest BCUT2D eigenvalue weighted by Gasteiger charge is 2.30. The quantitative estimate of drug-likeness (QED) is 0.502. The second-order valence-corrected chi connectivity index (χ2v) is 5.23. The van der Waals surface area contributed by atoms with Crippen LogP contribution in [0.1, 0.15) is 60.8 Å². The number of hydrogen-bond acceptors (Lipinski definition) is 0. The second-order valence-electron chi connectivity index (χ2n) is 5.23. The lowest BCUT2D eigenvalue weighted by Crippen LogP contribution is -2.29. The molecule has 0 spiro atoms. The van der Waals surface area contributed by atoms with Crippen LogP contribution in [0.4, 0.5) is 0 Å². The minimum Gasteiger partial charge on any atom is -0.0776 e. The van der Waals surface area contributed by atoms with Crippen molar-refractivity contribution in [1.29, 1.82) is 0 Å². The maximum Gasteiger partial charge on any atom is -0.0340 e. The van der Waals surface area contributed by atoms with Crippen LogP contribution in [0.3, 0.4) is 0 Å². The van der Waals surface area contributed by atoms with Crippen LogP contribution in [0.15, 0.2) is 0 Å². The lowest BCUT2D eigenvalue weighted by atomic mass is 9.67. The van der Waals surface area contributed by atoms with Gasteiger partial charge in [-0.1, -0.05) is 54.4 Å². The highest BCUT2D eigenvalue weighted by atomic mass is 14.4. The molecule has 2 atom stereocenters. The standard InChI is InChI=1S/C11H22.CH4/c1-9-7-5-6-8-10(9)11(2,3)4;/h9-10H,5-8H2,1-4H3;1H4. The van der Waals surface area contributed by atoms with Gasteiger partial charge in [0, 0.05) is 0 Å². The number of rotatable bonds is 0. The van der Waals surface area contributed by atoms with Gasteiger partial charge in [-0.2, -0.15) is 0 Å². The van der Waals surface area contributed by atoms with Crippen LogP contribution >= 0.6 is 0 Å². The largest absolute Gasteiger partial charge is 0.0776 e. The van der Waals surface area contributed by atoms with E-state index in [4.69, 9.17) is 0 Å². The first-order valence-corrected chi connectivity index (χ1v) is 5.02. The third kappa shape index (κ3) is 2.80.